The van der Waals surface area contributed by atoms with E-state index in [1.165, 1.54) is 4.90 Å². The van der Waals surface area contributed by atoms with Crippen molar-refractivity contribution in [3.05, 3.63) is 85.0 Å². The number of aromatic nitrogens is 1. The molecule has 0 aliphatic carbocycles. The number of methoxy groups -OCH3 is 1. The minimum absolute atomic E-state index is 0.0525. The van der Waals surface area contributed by atoms with E-state index < -0.39 is 6.04 Å². The van der Waals surface area contributed by atoms with Gasteiger partial charge in [-0.2, -0.15) is 0 Å². The van der Waals surface area contributed by atoms with E-state index in [2.05, 4.69) is 27.6 Å². The number of pyridine rings is 1. The van der Waals surface area contributed by atoms with Gasteiger partial charge in [-0.25, -0.2) is 4.98 Å². The molecule has 1 unspecified atom stereocenters. The first kappa shape index (κ1) is 27.6. The number of halogens is 3. The molecule has 4 rings (SSSR count). The van der Waals surface area contributed by atoms with Gasteiger partial charge in [0.05, 0.1) is 37.6 Å². The van der Waals surface area contributed by atoms with E-state index in [-0.39, 0.29) is 42.5 Å². The zero-order chi connectivity index (χ0) is 26.5. The molecule has 1 aliphatic heterocycles. The van der Waals surface area contributed by atoms with Crippen molar-refractivity contribution in [2.45, 2.75) is 12.6 Å². The van der Waals surface area contributed by atoms with E-state index in [0.717, 1.165) is 3.57 Å². The highest BCUT2D eigenvalue weighted by atomic mass is 127. The number of amides is 2. The number of carbonyl (C=O) groups is 2. The molecule has 1 aliphatic rings. The number of hydrogen-bond acceptors (Lipinski definition) is 6. The standard InChI is InChI=1S/C26H25Cl2IN4O4/c1-36-12-13-37-11-10-32-21-8-7-19(29)14-20(21)25(34)33(15-17-4-9-22(28)31-24(17)30)23(26(32)35)16-2-5-18(27)6-3-16/h2-9,14,23H,10-13,15H2,1H3,(H2,30,31). The van der Waals surface area contributed by atoms with Crippen LogP contribution in [0.3, 0.4) is 0 Å². The van der Waals surface area contributed by atoms with Crippen LogP contribution in [0.15, 0.2) is 54.6 Å². The number of benzene rings is 2. The third-order valence-electron chi connectivity index (χ3n) is 5.95. The molecule has 0 saturated heterocycles. The van der Waals surface area contributed by atoms with Crippen molar-refractivity contribution < 1.29 is 19.1 Å². The largest absolute Gasteiger partial charge is 0.383 e. The van der Waals surface area contributed by atoms with Gasteiger partial charge in [0.1, 0.15) is 17.0 Å². The summed E-state index contributed by atoms with van der Waals surface area (Å²) in [7, 11) is 1.60. The minimum atomic E-state index is -0.941. The molecule has 2 aromatic carbocycles. The molecule has 8 nitrogen and oxygen atoms in total. The van der Waals surface area contributed by atoms with Gasteiger partial charge in [0.25, 0.3) is 11.8 Å². The summed E-state index contributed by atoms with van der Waals surface area (Å²) in [6.07, 6.45) is 0. The first-order valence-electron chi connectivity index (χ1n) is 11.4. The summed E-state index contributed by atoms with van der Waals surface area (Å²) in [5.74, 6) is -0.386. The molecule has 2 N–H and O–H groups in total. The molecule has 0 saturated carbocycles. The van der Waals surface area contributed by atoms with E-state index in [9.17, 15) is 9.59 Å². The molecule has 1 aromatic heterocycles. The normalized spacial score (nSPS) is 15.6. The minimum Gasteiger partial charge on any atom is -0.383 e. The summed E-state index contributed by atoms with van der Waals surface area (Å²) >= 11 is 14.3. The Balaban J connectivity index is 1.81. The second-order valence-corrected chi connectivity index (χ2v) is 10.4. The number of nitrogens with two attached hydrogens (primary N) is 1. The molecule has 2 amide bonds. The van der Waals surface area contributed by atoms with Gasteiger partial charge < -0.3 is 25.0 Å². The Morgan fingerprint density at radius 3 is 2.49 bits per heavy atom. The van der Waals surface area contributed by atoms with Gasteiger partial charge in [0.15, 0.2) is 0 Å². The molecule has 194 valence electrons. The third-order valence-corrected chi connectivity index (χ3v) is 7.08. The van der Waals surface area contributed by atoms with Crippen LogP contribution < -0.4 is 10.6 Å². The maximum Gasteiger partial charge on any atom is 0.257 e. The van der Waals surface area contributed by atoms with Crippen molar-refractivity contribution in [3.63, 3.8) is 0 Å². The summed E-state index contributed by atoms with van der Waals surface area (Å²) in [5.41, 5.74) is 8.27. The summed E-state index contributed by atoms with van der Waals surface area (Å²) in [6, 6.07) is 14.7. The van der Waals surface area contributed by atoms with E-state index >= 15 is 0 Å². The Labute approximate surface area is 238 Å². The lowest BCUT2D eigenvalue weighted by atomic mass is 10.0. The number of fused-ring (bicyclic) bond motifs is 1. The van der Waals surface area contributed by atoms with Crippen LogP contribution in [0, 0.1) is 3.57 Å². The van der Waals surface area contributed by atoms with Crippen molar-refractivity contribution >= 4 is 69.1 Å². The van der Waals surface area contributed by atoms with Crippen LogP contribution >= 0.6 is 45.8 Å². The summed E-state index contributed by atoms with van der Waals surface area (Å²) in [6.45, 7) is 1.42. The fourth-order valence-electron chi connectivity index (χ4n) is 4.14. The van der Waals surface area contributed by atoms with Gasteiger partial charge in [-0.1, -0.05) is 41.4 Å². The monoisotopic (exact) mass is 654 g/mol. The number of rotatable bonds is 9. The second kappa shape index (κ2) is 12.4. The fraction of sp³-hybridized carbons (Fsp3) is 0.269. The van der Waals surface area contributed by atoms with Crippen LogP contribution in [0.2, 0.25) is 10.2 Å². The highest BCUT2D eigenvalue weighted by molar-refractivity contribution is 14.1. The van der Waals surface area contributed by atoms with Crippen LogP contribution in [-0.4, -0.2) is 55.2 Å². The molecule has 2 heterocycles. The highest BCUT2D eigenvalue weighted by Crippen LogP contribution is 2.37. The van der Waals surface area contributed by atoms with E-state index in [4.69, 9.17) is 38.4 Å². The Kier molecular flexibility index (Phi) is 9.25. The lowest BCUT2D eigenvalue weighted by molar-refractivity contribution is -0.123. The Morgan fingerprint density at radius 1 is 1.03 bits per heavy atom. The van der Waals surface area contributed by atoms with Crippen molar-refractivity contribution in [1.29, 1.82) is 0 Å². The van der Waals surface area contributed by atoms with Crippen LogP contribution in [0.1, 0.15) is 27.5 Å². The molecule has 0 bridgehead atoms. The predicted molar refractivity (Wildman–Crippen MR) is 152 cm³/mol. The topological polar surface area (TPSA) is 98.0 Å². The van der Waals surface area contributed by atoms with E-state index in [1.807, 2.05) is 6.07 Å². The maximum absolute atomic E-state index is 14.2. The van der Waals surface area contributed by atoms with Gasteiger partial charge in [0.2, 0.25) is 0 Å². The predicted octanol–water partition coefficient (Wildman–Crippen LogP) is 4.97. The van der Waals surface area contributed by atoms with Gasteiger partial charge >= 0.3 is 0 Å². The zero-order valence-corrected chi connectivity index (χ0v) is 23.7. The number of ether oxygens (including phenoxy) is 2. The number of anilines is 2. The number of hydrogen-bond donors (Lipinski definition) is 1. The molecule has 37 heavy (non-hydrogen) atoms. The van der Waals surface area contributed by atoms with Crippen LogP contribution in [-0.2, 0) is 20.8 Å². The number of carbonyl (C=O) groups excluding carboxylic acids is 2. The Bertz CT molecular complexity index is 1290. The van der Waals surface area contributed by atoms with Crippen molar-refractivity contribution in [1.82, 2.24) is 9.88 Å². The maximum atomic E-state index is 14.2. The molecule has 0 radical (unpaired) electrons. The van der Waals surface area contributed by atoms with E-state index in [1.54, 1.807) is 60.5 Å². The molecule has 11 heteroatoms. The summed E-state index contributed by atoms with van der Waals surface area (Å²) in [4.78, 5) is 35.6. The van der Waals surface area contributed by atoms with Crippen LogP contribution in [0.5, 0.6) is 0 Å². The summed E-state index contributed by atoms with van der Waals surface area (Å²) < 4.78 is 11.6. The van der Waals surface area contributed by atoms with Gasteiger partial charge in [-0.15, -0.1) is 0 Å². The first-order chi connectivity index (χ1) is 17.8. The summed E-state index contributed by atoms with van der Waals surface area (Å²) in [5, 5.41) is 0.767. The molecule has 1 atom stereocenters. The average molecular weight is 655 g/mol. The smallest absolute Gasteiger partial charge is 0.257 e. The van der Waals surface area contributed by atoms with Crippen molar-refractivity contribution in [2.75, 3.05) is 44.1 Å². The molecular formula is C26H25Cl2IN4O4. The Morgan fingerprint density at radius 2 is 1.78 bits per heavy atom. The SMILES string of the molecule is COCCOCCN1C(=O)C(c2ccc(Cl)cc2)N(Cc2ccc(Cl)nc2N)C(=O)c2cc(I)ccc21. The highest BCUT2D eigenvalue weighted by Gasteiger charge is 2.40. The molecular weight excluding hydrogens is 630 g/mol. The fourth-order valence-corrected chi connectivity index (χ4v) is 4.92. The lowest BCUT2D eigenvalue weighted by Gasteiger charge is -2.31. The molecule has 3 aromatic rings. The van der Waals surface area contributed by atoms with Gasteiger partial charge in [0, 0.05) is 27.8 Å². The molecule has 0 spiro atoms. The second-order valence-electron chi connectivity index (χ2n) is 8.32. The quantitative estimate of drug-likeness (QED) is 0.199. The van der Waals surface area contributed by atoms with E-state index in [0.29, 0.717) is 40.6 Å². The number of nitrogen functional groups attached to an aromatic ring is 1. The Hall–Kier alpha value is -2.44. The van der Waals surface area contributed by atoms with Gasteiger partial charge in [-0.05, 0) is 64.6 Å². The van der Waals surface area contributed by atoms with Crippen LogP contribution in [0.4, 0.5) is 11.5 Å². The lowest BCUT2D eigenvalue weighted by Crippen LogP contribution is -2.43. The van der Waals surface area contributed by atoms with Crippen molar-refractivity contribution in [2.24, 2.45) is 0 Å². The third kappa shape index (κ3) is 6.35. The van der Waals surface area contributed by atoms with Crippen molar-refractivity contribution in [3.8, 4) is 0 Å². The average Bonchev–Trinajstić information content (AvgIpc) is 2.95. The number of nitrogens with zero attached hydrogens (tertiary/aromatic N) is 3. The first-order valence-corrected chi connectivity index (χ1v) is 13.3. The molecule has 0 fully saturated rings. The van der Waals surface area contributed by atoms with Crippen LogP contribution in [0.25, 0.3) is 0 Å². The zero-order valence-electron chi connectivity index (χ0n) is 20.0. The van der Waals surface area contributed by atoms with Gasteiger partial charge in [-0.3, -0.25) is 9.59 Å².